The van der Waals surface area contributed by atoms with E-state index in [2.05, 4.69) is 37.4 Å². The molecule has 1 N–H and O–H groups in total. The Morgan fingerprint density at radius 3 is 2.82 bits per heavy atom. The van der Waals surface area contributed by atoms with Crippen molar-refractivity contribution in [2.24, 2.45) is 0 Å². The molecule has 0 radical (unpaired) electrons. The van der Waals surface area contributed by atoms with Gasteiger partial charge in [0.2, 0.25) is 0 Å². The molecule has 0 amide bonds. The molecule has 1 unspecified atom stereocenters. The van der Waals surface area contributed by atoms with Crippen molar-refractivity contribution in [2.45, 2.75) is 45.6 Å². The van der Waals surface area contributed by atoms with Crippen molar-refractivity contribution in [1.82, 2.24) is 5.32 Å². The molecule has 0 spiro atoms. The number of ketones is 1. The van der Waals surface area contributed by atoms with Crippen LogP contribution in [0.1, 0.15) is 36.0 Å². The van der Waals surface area contributed by atoms with E-state index >= 15 is 0 Å². The number of carbonyl (C=O) groups is 1. The third kappa shape index (κ3) is 3.16. The van der Waals surface area contributed by atoms with Crippen LogP contribution in [0.4, 0.5) is 0 Å². The highest BCUT2D eigenvalue weighted by molar-refractivity contribution is 5.84. The number of hydrogen-bond donors (Lipinski definition) is 1. The average Bonchev–Trinajstić information content (AvgIpc) is 2.84. The maximum atomic E-state index is 11.9. The van der Waals surface area contributed by atoms with Crippen LogP contribution in [0.5, 0.6) is 0 Å². The zero-order valence-electron chi connectivity index (χ0n) is 10.8. The van der Waals surface area contributed by atoms with E-state index in [0.29, 0.717) is 12.2 Å². The predicted molar refractivity (Wildman–Crippen MR) is 70.3 cm³/mol. The number of hydrogen-bond acceptors (Lipinski definition) is 2. The summed E-state index contributed by atoms with van der Waals surface area (Å²) in [7, 11) is 0. The van der Waals surface area contributed by atoms with Crippen molar-refractivity contribution < 1.29 is 4.79 Å². The van der Waals surface area contributed by atoms with Gasteiger partial charge in [-0.05, 0) is 56.3 Å². The minimum atomic E-state index is 0.126. The molecule has 1 aliphatic heterocycles. The van der Waals surface area contributed by atoms with Gasteiger partial charge < -0.3 is 5.32 Å². The Morgan fingerprint density at radius 2 is 2.18 bits per heavy atom. The van der Waals surface area contributed by atoms with E-state index in [0.717, 1.165) is 25.8 Å². The molecule has 1 atom stereocenters. The van der Waals surface area contributed by atoms with Gasteiger partial charge in [-0.25, -0.2) is 0 Å². The first-order valence-electron chi connectivity index (χ1n) is 6.49. The summed E-state index contributed by atoms with van der Waals surface area (Å²) in [5.41, 5.74) is 3.91. The first-order valence-corrected chi connectivity index (χ1v) is 6.49. The molecule has 1 aromatic carbocycles. The number of carbonyl (C=O) groups excluding carboxylic acids is 1. The highest BCUT2D eigenvalue weighted by Gasteiger charge is 2.21. The summed E-state index contributed by atoms with van der Waals surface area (Å²) in [5, 5.41) is 3.26. The molecule has 0 aliphatic carbocycles. The quantitative estimate of drug-likeness (QED) is 0.863. The summed E-state index contributed by atoms with van der Waals surface area (Å²) in [6, 6.07) is 6.60. The normalized spacial score (nSPS) is 19.5. The molecule has 17 heavy (non-hydrogen) atoms. The third-order valence-electron chi connectivity index (χ3n) is 3.68. The highest BCUT2D eigenvalue weighted by Crippen LogP contribution is 2.14. The number of nitrogens with one attached hydrogen (secondary N) is 1. The van der Waals surface area contributed by atoms with E-state index in [4.69, 9.17) is 0 Å². The molecule has 1 aliphatic rings. The lowest BCUT2D eigenvalue weighted by Gasteiger charge is -2.09. The van der Waals surface area contributed by atoms with Crippen molar-refractivity contribution >= 4 is 5.78 Å². The molecule has 0 aromatic heterocycles. The molecule has 2 heteroatoms. The summed E-state index contributed by atoms with van der Waals surface area (Å²) in [6.07, 6.45) is 3.70. The molecule has 1 aromatic rings. The largest absolute Gasteiger partial charge is 0.307 e. The Kier molecular flexibility index (Phi) is 3.95. The summed E-state index contributed by atoms with van der Waals surface area (Å²) in [5.74, 6) is 0.376. The molecule has 1 saturated heterocycles. The number of rotatable bonds is 4. The molecule has 2 nitrogen and oxygen atoms in total. The molecule has 1 heterocycles. The lowest BCUT2D eigenvalue weighted by molar-refractivity contribution is -0.120. The Balaban J connectivity index is 1.88. The molecular weight excluding hydrogens is 210 g/mol. The van der Waals surface area contributed by atoms with Crippen LogP contribution in [-0.2, 0) is 11.2 Å². The molecule has 1 fully saturated rings. The first-order chi connectivity index (χ1) is 8.16. The van der Waals surface area contributed by atoms with E-state index in [-0.39, 0.29) is 6.04 Å². The molecule has 0 bridgehead atoms. The Bertz CT molecular complexity index is 405. The summed E-state index contributed by atoms with van der Waals surface area (Å²) >= 11 is 0. The van der Waals surface area contributed by atoms with Crippen molar-refractivity contribution in [3.63, 3.8) is 0 Å². The molecule has 2 rings (SSSR count). The summed E-state index contributed by atoms with van der Waals surface area (Å²) in [6.45, 7) is 5.24. The van der Waals surface area contributed by atoms with Gasteiger partial charge in [0.1, 0.15) is 5.78 Å². The second kappa shape index (κ2) is 5.46. The zero-order chi connectivity index (χ0) is 12.3. The SMILES string of the molecule is Cc1ccc(CCC(=O)C2CCCN2)cc1C. The Hall–Kier alpha value is -1.15. The number of aryl methyl sites for hydroxylation is 3. The standard InChI is InChI=1S/C15H21NO/c1-11-5-6-13(10-12(11)2)7-8-15(17)14-4-3-9-16-14/h5-6,10,14,16H,3-4,7-9H2,1-2H3. The monoisotopic (exact) mass is 231 g/mol. The lowest BCUT2D eigenvalue weighted by Crippen LogP contribution is -2.30. The van der Waals surface area contributed by atoms with Crippen LogP contribution in [0.2, 0.25) is 0 Å². The highest BCUT2D eigenvalue weighted by atomic mass is 16.1. The lowest BCUT2D eigenvalue weighted by atomic mass is 9.99. The second-order valence-corrected chi connectivity index (χ2v) is 5.03. The molecule has 0 saturated carbocycles. The van der Waals surface area contributed by atoms with Gasteiger partial charge in [-0.2, -0.15) is 0 Å². The molecular formula is C15H21NO. The fraction of sp³-hybridized carbons (Fsp3) is 0.533. The van der Waals surface area contributed by atoms with Gasteiger partial charge in [0.05, 0.1) is 6.04 Å². The topological polar surface area (TPSA) is 29.1 Å². The van der Waals surface area contributed by atoms with Crippen molar-refractivity contribution in [3.8, 4) is 0 Å². The minimum absolute atomic E-state index is 0.126. The van der Waals surface area contributed by atoms with Gasteiger partial charge in [0.15, 0.2) is 0 Å². The zero-order valence-corrected chi connectivity index (χ0v) is 10.8. The van der Waals surface area contributed by atoms with E-state index < -0.39 is 0 Å². The Morgan fingerprint density at radius 1 is 1.35 bits per heavy atom. The van der Waals surface area contributed by atoms with Crippen molar-refractivity contribution in [3.05, 3.63) is 34.9 Å². The fourth-order valence-corrected chi connectivity index (χ4v) is 2.36. The van der Waals surface area contributed by atoms with Crippen LogP contribution in [0.25, 0.3) is 0 Å². The first kappa shape index (κ1) is 12.3. The van der Waals surface area contributed by atoms with Gasteiger partial charge in [0.25, 0.3) is 0 Å². The van der Waals surface area contributed by atoms with Crippen LogP contribution < -0.4 is 5.32 Å². The van der Waals surface area contributed by atoms with Crippen LogP contribution in [0.3, 0.4) is 0 Å². The number of benzene rings is 1. The average molecular weight is 231 g/mol. The van der Waals surface area contributed by atoms with E-state index in [9.17, 15) is 4.79 Å². The van der Waals surface area contributed by atoms with Crippen LogP contribution in [0, 0.1) is 13.8 Å². The van der Waals surface area contributed by atoms with E-state index in [1.807, 2.05) is 0 Å². The van der Waals surface area contributed by atoms with E-state index in [1.165, 1.54) is 16.7 Å². The third-order valence-corrected chi connectivity index (χ3v) is 3.68. The predicted octanol–water partition coefficient (Wildman–Crippen LogP) is 2.56. The van der Waals surface area contributed by atoms with Gasteiger partial charge in [-0.15, -0.1) is 0 Å². The van der Waals surface area contributed by atoms with Gasteiger partial charge in [-0.3, -0.25) is 4.79 Å². The summed E-state index contributed by atoms with van der Waals surface area (Å²) in [4.78, 5) is 11.9. The van der Waals surface area contributed by atoms with Gasteiger partial charge in [-0.1, -0.05) is 18.2 Å². The van der Waals surface area contributed by atoms with Crippen LogP contribution in [0.15, 0.2) is 18.2 Å². The fourth-order valence-electron chi connectivity index (χ4n) is 2.36. The van der Waals surface area contributed by atoms with E-state index in [1.54, 1.807) is 0 Å². The maximum Gasteiger partial charge on any atom is 0.150 e. The van der Waals surface area contributed by atoms with Crippen molar-refractivity contribution in [1.29, 1.82) is 0 Å². The Labute approximate surface area is 103 Å². The maximum absolute atomic E-state index is 11.9. The molecule has 92 valence electrons. The van der Waals surface area contributed by atoms with Gasteiger partial charge in [0, 0.05) is 6.42 Å². The number of Topliss-reactive ketones (excluding diaryl/α,β-unsaturated/α-hetero) is 1. The summed E-state index contributed by atoms with van der Waals surface area (Å²) < 4.78 is 0. The minimum Gasteiger partial charge on any atom is -0.307 e. The van der Waals surface area contributed by atoms with Crippen molar-refractivity contribution in [2.75, 3.05) is 6.54 Å². The van der Waals surface area contributed by atoms with Crippen LogP contribution in [-0.4, -0.2) is 18.4 Å². The van der Waals surface area contributed by atoms with Crippen LogP contribution >= 0.6 is 0 Å². The second-order valence-electron chi connectivity index (χ2n) is 5.03. The van der Waals surface area contributed by atoms with Gasteiger partial charge >= 0.3 is 0 Å². The smallest absolute Gasteiger partial charge is 0.150 e.